The highest BCUT2D eigenvalue weighted by Crippen LogP contribution is 2.22. The molecule has 3 rings (SSSR count). The molecule has 7 nitrogen and oxygen atoms in total. The van der Waals surface area contributed by atoms with E-state index in [2.05, 4.69) is 45.5 Å². The van der Waals surface area contributed by atoms with Crippen molar-refractivity contribution in [3.63, 3.8) is 0 Å². The Kier molecular flexibility index (Phi) is 4.94. The molecule has 3 heterocycles. The quantitative estimate of drug-likeness (QED) is 0.843. The minimum atomic E-state index is 0.0159. The summed E-state index contributed by atoms with van der Waals surface area (Å²) in [6, 6.07) is 1.84. The van der Waals surface area contributed by atoms with Crippen molar-refractivity contribution in [2.45, 2.75) is 39.7 Å². The average molecular weight is 345 g/mol. The lowest BCUT2D eigenvalue weighted by atomic mass is 9.93. The van der Waals surface area contributed by atoms with Crippen molar-refractivity contribution >= 4 is 5.95 Å². The van der Waals surface area contributed by atoms with Crippen LogP contribution in [-0.4, -0.2) is 53.1 Å². The second-order valence-electron chi connectivity index (χ2n) is 7.49. The molecule has 0 bridgehead atoms. The Morgan fingerprint density at radius 3 is 2.44 bits per heavy atom. The largest absolute Gasteiger partial charge is 0.481 e. The van der Waals surface area contributed by atoms with Crippen molar-refractivity contribution < 1.29 is 9.15 Å². The number of hydrogen-bond donors (Lipinski definition) is 0. The zero-order valence-corrected chi connectivity index (χ0v) is 15.7. The number of nitrogens with zero attached hydrogens (tertiary/aromatic N) is 5. The monoisotopic (exact) mass is 345 g/mol. The number of aromatic nitrogens is 3. The van der Waals surface area contributed by atoms with Crippen molar-refractivity contribution in [1.82, 2.24) is 19.9 Å². The molecule has 25 heavy (non-hydrogen) atoms. The van der Waals surface area contributed by atoms with Crippen LogP contribution in [0.15, 0.2) is 16.7 Å². The summed E-state index contributed by atoms with van der Waals surface area (Å²) < 4.78 is 10.9. The fraction of sp³-hybridized carbons (Fsp3) is 0.611. The molecule has 2 aromatic rings. The van der Waals surface area contributed by atoms with E-state index in [4.69, 9.17) is 9.15 Å². The second-order valence-corrected chi connectivity index (χ2v) is 7.49. The van der Waals surface area contributed by atoms with Gasteiger partial charge in [0.05, 0.1) is 19.3 Å². The van der Waals surface area contributed by atoms with E-state index in [-0.39, 0.29) is 5.41 Å². The molecule has 1 fully saturated rings. The summed E-state index contributed by atoms with van der Waals surface area (Å²) in [6.45, 7) is 12.7. The van der Waals surface area contributed by atoms with Gasteiger partial charge in [-0.25, -0.2) is 9.97 Å². The van der Waals surface area contributed by atoms with Gasteiger partial charge in [-0.2, -0.15) is 4.98 Å². The Morgan fingerprint density at radius 1 is 1.12 bits per heavy atom. The lowest BCUT2D eigenvalue weighted by molar-refractivity contribution is 0.225. The molecule has 0 saturated carbocycles. The number of piperazine rings is 1. The van der Waals surface area contributed by atoms with E-state index in [1.54, 1.807) is 13.4 Å². The van der Waals surface area contributed by atoms with Gasteiger partial charge in [0, 0.05) is 43.4 Å². The number of anilines is 1. The van der Waals surface area contributed by atoms with E-state index in [9.17, 15) is 0 Å². The molecule has 0 unspecified atom stereocenters. The zero-order valence-electron chi connectivity index (χ0n) is 15.7. The Labute approximate surface area is 149 Å². The van der Waals surface area contributed by atoms with Crippen molar-refractivity contribution in [3.8, 4) is 5.88 Å². The lowest BCUT2D eigenvalue weighted by Crippen LogP contribution is -2.46. The standard InChI is InChI=1S/C18H27N5O2/c1-13-10-15(24-5)21-17(19-13)23-8-6-22(7-9-23)11-16-20-14(12-25-16)18(2,3)4/h10,12H,6-9,11H2,1-5H3. The van der Waals surface area contributed by atoms with Gasteiger partial charge in [-0.05, 0) is 6.92 Å². The lowest BCUT2D eigenvalue weighted by Gasteiger charge is -2.34. The van der Waals surface area contributed by atoms with Crippen LogP contribution in [0.5, 0.6) is 5.88 Å². The van der Waals surface area contributed by atoms with Crippen LogP contribution >= 0.6 is 0 Å². The number of ether oxygens (including phenoxy) is 1. The molecule has 0 N–H and O–H groups in total. The summed E-state index contributed by atoms with van der Waals surface area (Å²) in [5.41, 5.74) is 1.93. The van der Waals surface area contributed by atoms with Gasteiger partial charge < -0.3 is 14.1 Å². The third-order valence-electron chi connectivity index (χ3n) is 4.36. The first-order valence-electron chi connectivity index (χ1n) is 8.67. The zero-order chi connectivity index (χ0) is 18.0. The number of hydrogen-bond acceptors (Lipinski definition) is 7. The van der Waals surface area contributed by atoms with Gasteiger partial charge in [-0.15, -0.1) is 0 Å². The van der Waals surface area contributed by atoms with Crippen LogP contribution in [0.25, 0.3) is 0 Å². The molecule has 1 aliphatic heterocycles. The normalized spacial score (nSPS) is 16.3. The van der Waals surface area contributed by atoms with Crippen molar-refractivity contribution in [2.75, 3.05) is 38.2 Å². The minimum Gasteiger partial charge on any atom is -0.481 e. The van der Waals surface area contributed by atoms with Gasteiger partial charge >= 0.3 is 0 Å². The number of aryl methyl sites for hydroxylation is 1. The highest BCUT2D eigenvalue weighted by Gasteiger charge is 2.23. The SMILES string of the molecule is COc1cc(C)nc(N2CCN(Cc3nc(C(C)(C)C)co3)CC2)n1. The maximum atomic E-state index is 5.64. The Bertz CT molecular complexity index is 714. The summed E-state index contributed by atoms with van der Waals surface area (Å²) >= 11 is 0. The van der Waals surface area contributed by atoms with E-state index in [1.165, 1.54) is 0 Å². The molecule has 0 atom stereocenters. The molecule has 0 spiro atoms. The van der Waals surface area contributed by atoms with Gasteiger partial charge in [0.15, 0.2) is 0 Å². The Morgan fingerprint density at radius 2 is 1.84 bits per heavy atom. The summed E-state index contributed by atoms with van der Waals surface area (Å²) in [7, 11) is 1.63. The molecule has 0 aromatic carbocycles. The molecule has 136 valence electrons. The van der Waals surface area contributed by atoms with Crippen LogP contribution in [0.2, 0.25) is 0 Å². The van der Waals surface area contributed by atoms with Crippen LogP contribution in [0.1, 0.15) is 38.0 Å². The van der Waals surface area contributed by atoms with Gasteiger partial charge in [0.25, 0.3) is 0 Å². The molecule has 1 saturated heterocycles. The summed E-state index contributed by atoms with van der Waals surface area (Å²) in [5.74, 6) is 2.13. The highest BCUT2D eigenvalue weighted by molar-refractivity contribution is 5.35. The average Bonchev–Trinajstić information content (AvgIpc) is 3.04. The first kappa shape index (κ1) is 17.7. The fourth-order valence-corrected chi connectivity index (χ4v) is 2.80. The van der Waals surface area contributed by atoms with Crippen molar-refractivity contribution in [3.05, 3.63) is 29.6 Å². The van der Waals surface area contributed by atoms with Crippen molar-refractivity contribution in [1.29, 1.82) is 0 Å². The minimum absolute atomic E-state index is 0.0159. The molecule has 0 aliphatic carbocycles. The van der Waals surface area contributed by atoms with Gasteiger partial charge in [0.1, 0.15) is 6.26 Å². The number of methoxy groups -OCH3 is 1. The van der Waals surface area contributed by atoms with Gasteiger partial charge in [-0.3, -0.25) is 4.90 Å². The number of rotatable bonds is 4. The van der Waals surface area contributed by atoms with E-state index in [1.807, 2.05) is 13.0 Å². The smallest absolute Gasteiger partial charge is 0.228 e. The van der Waals surface area contributed by atoms with E-state index in [0.29, 0.717) is 5.88 Å². The molecule has 2 aromatic heterocycles. The first-order chi connectivity index (χ1) is 11.8. The molecule has 0 amide bonds. The maximum Gasteiger partial charge on any atom is 0.228 e. The number of oxazole rings is 1. The van der Waals surface area contributed by atoms with E-state index < -0.39 is 0 Å². The van der Waals surface area contributed by atoms with Crippen LogP contribution < -0.4 is 9.64 Å². The van der Waals surface area contributed by atoms with Crippen LogP contribution in [0.3, 0.4) is 0 Å². The second kappa shape index (κ2) is 7.00. The molecular weight excluding hydrogens is 318 g/mol. The summed E-state index contributed by atoms with van der Waals surface area (Å²) in [6.07, 6.45) is 1.78. The van der Waals surface area contributed by atoms with Gasteiger partial charge in [-0.1, -0.05) is 20.8 Å². The molecule has 7 heteroatoms. The molecular formula is C18H27N5O2. The van der Waals surface area contributed by atoms with Crippen molar-refractivity contribution in [2.24, 2.45) is 0 Å². The molecule has 0 radical (unpaired) electrons. The van der Waals surface area contributed by atoms with Crippen LogP contribution in [0, 0.1) is 6.92 Å². The van der Waals surface area contributed by atoms with E-state index >= 15 is 0 Å². The summed E-state index contributed by atoms with van der Waals surface area (Å²) in [4.78, 5) is 18.2. The van der Waals surface area contributed by atoms with Crippen LogP contribution in [-0.2, 0) is 12.0 Å². The van der Waals surface area contributed by atoms with E-state index in [0.717, 1.165) is 56.0 Å². The fourth-order valence-electron chi connectivity index (χ4n) is 2.80. The molecule has 1 aliphatic rings. The van der Waals surface area contributed by atoms with Gasteiger partial charge in [0.2, 0.25) is 17.7 Å². The third kappa shape index (κ3) is 4.28. The predicted molar refractivity (Wildman–Crippen MR) is 96.0 cm³/mol. The first-order valence-corrected chi connectivity index (χ1v) is 8.67. The Balaban J connectivity index is 1.59. The third-order valence-corrected chi connectivity index (χ3v) is 4.36. The summed E-state index contributed by atoms with van der Waals surface area (Å²) in [5, 5.41) is 0. The Hall–Kier alpha value is -2.15. The van der Waals surface area contributed by atoms with Crippen LogP contribution in [0.4, 0.5) is 5.95 Å². The predicted octanol–water partition coefficient (Wildman–Crippen LogP) is 2.40. The topological polar surface area (TPSA) is 67.5 Å². The maximum absolute atomic E-state index is 5.64. The highest BCUT2D eigenvalue weighted by atomic mass is 16.5.